The molecule has 0 amide bonds. The molecule has 108 valence electrons. The molecule has 0 bridgehead atoms. The van der Waals surface area contributed by atoms with Gasteiger partial charge in [-0.2, -0.15) is 0 Å². The van der Waals surface area contributed by atoms with Gasteiger partial charge < -0.3 is 10.3 Å². The van der Waals surface area contributed by atoms with Crippen LogP contribution >= 0.6 is 0 Å². The average molecular weight is 283 g/mol. The monoisotopic (exact) mass is 283 g/mol. The van der Waals surface area contributed by atoms with Gasteiger partial charge in [0.05, 0.1) is 11.0 Å². The number of fused-ring (bicyclic) bond motifs is 1. The van der Waals surface area contributed by atoms with Gasteiger partial charge >= 0.3 is 0 Å². The minimum atomic E-state index is -0.184. The Morgan fingerprint density at radius 3 is 2.52 bits per heavy atom. The van der Waals surface area contributed by atoms with Crippen molar-refractivity contribution in [2.45, 2.75) is 12.8 Å². The summed E-state index contributed by atoms with van der Waals surface area (Å²) in [4.78, 5) is 7.86. The molecule has 21 heavy (non-hydrogen) atoms. The van der Waals surface area contributed by atoms with Crippen LogP contribution < -0.4 is 5.32 Å². The third-order valence-corrected chi connectivity index (χ3v) is 3.48. The number of hydrogen-bond acceptors (Lipinski definition) is 2. The first-order chi connectivity index (χ1) is 10.3. The van der Waals surface area contributed by atoms with Gasteiger partial charge in [-0.25, -0.2) is 9.37 Å². The summed E-state index contributed by atoms with van der Waals surface area (Å²) < 4.78 is 12.8. The maximum atomic E-state index is 12.8. The maximum absolute atomic E-state index is 12.8. The zero-order valence-electron chi connectivity index (χ0n) is 11.8. The number of benzene rings is 2. The number of halogens is 1. The zero-order valence-corrected chi connectivity index (χ0v) is 11.8. The molecule has 0 saturated heterocycles. The van der Waals surface area contributed by atoms with E-state index in [0.29, 0.717) is 0 Å². The first kappa shape index (κ1) is 13.8. The Hall–Kier alpha value is -2.20. The fraction of sp³-hybridized carbons (Fsp3) is 0.235. The fourth-order valence-electron chi connectivity index (χ4n) is 2.34. The Balaban J connectivity index is 1.42. The third kappa shape index (κ3) is 3.67. The predicted molar refractivity (Wildman–Crippen MR) is 82.8 cm³/mol. The lowest BCUT2D eigenvalue weighted by molar-refractivity contribution is 0.625. The summed E-state index contributed by atoms with van der Waals surface area (Å²) in [5.74, 6) is 0.821. The first-order valence-electron chi connectivity index (χ1n) is 7.20. The number of imidazole rings is 1. The van der Waals surface area contributed by atoms with Gasteiger partial charge in [-0.3, -0.25) is 0 Å². The lowest BCUT2D eigenvalue weighted by atomic mass is 10.1. The molecule has 0 spiro atoms. The van der Waals surface area contributed by atoms with E-state index >= 15 is 0 Å². The lowest BCUT2D eigenvalue weighted by Gasteiger charge is -2.03. The average Bonchev–Trinajstić information content (AvgIpc) is 2.91. The Labute approximate surface area is 123 Å². The van der Waals surface area contributed by atoms with Crippen molar-refractivity contribution in [1.29, 1.82) is 0 Å². The molecule has 0 fully saturated rings. The van der Waals surface area contributed by atoms with Crippen LogP contribution in [0, 0.1) is 5.82 Å². The first-order valence-corrected chi connectivity index (χ1v) is 7.20. The van der Waals surface area contributed by atoms with Crippen LogP contribution in [0.2, 0.25) is 0 Å². The van der Waals surface area contributed by atoms with Crippen molar-refractivity contribution >= 4 is 11.0 Å². The molecule has 0 aliphatic heterocycles. The standard InChI is InChI=1S/C17H18FN3/c18-14-7-5-13(6-8-14)9-11-19-12-10-17-20-15-3-1-2-4-16(15)21-17/h1-8,19H,9-12H2,(H,20,21). The highest BCUT2D eigenvalue weighted by Gasteiger charge is 2.01. The zero-order chi connectivity index (χ0) is 14.5. The minimum Gasteiger partial charge on any atom is -0.342 e. The molecule has 4 heteroatoms. The van der Waals surface area contributed by atoms with Crippen LogP contribution in [0.3, 0.4) is 0 Å². The number of hydrogen-bond donors (Lipinski definition) is 2. The number of para-hydroxylation sites is 2. The summed E-state index contributed by atoms with van der Waals surface area (Å²) in [6.45, 7) is 1.76. The lowest BCUT2D eigenvalue weighted by Crippen LogP contribution is -2.20. The Kier molecular flexibility index (Phi) is 4.26. The molecule has 3 aromatic rings. The van der Waals surface area contributed by atoms with Gasteiger partial charge in [0.2, 0.25) is 0 Å². The van der Waals surface area contributed by atoms with Gasteiger partial charge in [0.25, 0.3) is 0 Å². The normalized spacial score (nSPS) is 11.1. The van der Waals surface area contributed by atoms with Gasteiger partial charge in [-0.15, -0.1) is 0 Å². The van der Waals surface area contributed by atoms with E-state index in [-0.39, 0.29) is 5.82 Å². The second-order valence-corrected chi connectivity index (χ2v) is 5.08. The summed E-state index contributed by atoms with van der Waals surface area (Å²) in [6.07, 6.45) is 1.78. The number of rotatable bonds is 6. The van der Waals surface area contributed by atoms with Crippen LogP contribution in [0.1, 0.15) is 11.4 Å². The van der Waals surface area contributed by atoms with Crippen molar-refractivity contribution in [2.24, 2.45) is 0 Å². The highest BCUT2D eigenvalue weighted by atomic mass is 19.1. The maximum Gasteiger partial charge on any atom is 0.123 e. The highest BCUT2D eigenvalue weighted by molar-refractivity contribution is 5.74. The van der Waals surface area contributed by atoms with E-state index in [4.69, 9.17) is 0 Å². The topological polar surface area (TPSA) is 40.7 Å². The van der Waals surface area contributed by atoms with Crippen molar-refractivity contribution in [3.8, 4) is 0 Å². The van der Waals surface area contributed by atoms with Crippen molar-refractivity contribution in [1.82, 2.24) is 15.3 Å². The Bertz CT molecular complexity index is 670. The summed E-state index contributed by atoms with van der Waals surface area (Å²) in [5.41, 5.74) is 3.24. The molecule has 3 rings (SSSR count). The van der Waals surface area contributed by atoms with Crippen molar-refractivity contribution in [3.63, 3.8) is 0 Å². The van der Waals surface area contributed by atoms with Crippen molar-refractivity contribution in [3.05, 3.63) is 65.7 Å². The molecule has 0 aliphatic carbocycles. The van der Waals surface area contributed by atoms with Crippen molar-refractivity contribution < 1.29 is 4.39 Å². The number of aromatic amines is 1. The van der Waals surface area contributed by atoms with Gasteiger partial charge in [0, 0.05) is 13.0 Å². The molecule has 0 radical (unpaired) electrons. The molecule has 2 aromatic carbocycles. The Morgan fingerprint density at radius 2 is 1.71 bits per heavy atom. The molecular weight excluding hydrogens is 265 g/mol. The molecule has 0 atom stereocenters. The number of nitrogens with zero attached hydrogens (tertiary/aromatic N) is 1. The molecule has 3 nitrogen and oxygen atoms in total. The van der Waals surface area contributed by atoms with E-state index in [9.17, 15) is 4.39 Å². The summed E-state index contributed by atoms with van der Waals surface area (Å²) in [7, 11) is 0. The van der Waals surface area contributed by atoms with Crippen LogP contribution in [-0.2, 0) is 12.8 Å². The van der Waals surface area contributed by atoms with Gasteiger partial charge in [-0.05, 0) is 42.8 Å². The number of H-pyrrole nitrogens is 1. The second kappa shape index (κ2) is 6.50. The Morgan fingerprint density at radius 1 is 0.952 bits per heavy atom. The number of nitrogens with one attached hydrogen (secondary N) is 2. The number of aromatic nitrogens is 2. The van der Waals surface area contributed by atoms with Crippen LogP contribution in [0.25, 0.3) is 11.0 Å². The summed E-state index contributed by atoms with van der Waals surface area (Å²) in [5, 5.41) is 3.39. The minimum absolute atomic E-state index is 0.184. The third-order valence-electron chi connectivity index (χ3n) is 3.48. The smallest absolute Gasteiger partial charge is 0.123 e. The molecule has 0 saturated carbocycles. The van der Waals surface area contributed by atoms with Gasteiger partial charge in [0.1, 0.15) is 11.6 Å². The SMILES string of the molecule is Fc1ccc(CCNCCc2nc3ccccc3[nH]2)cc1. The molecule has 2 N–H and O–H groups in total. The van der Waals surface area contributed by atoms with Crippen LogP contribution in [0.5, 0.6) is 0 Å². The predicted octanol–water partition coefficient (Wildman–Crippen LogP) is 3.08. The van der Waals surface area contributed by atoms with Crippen LogP contribution in [0.15, 0.2) is 48.5 Å². The van der Waals surface area contributed by atoms with E-state index in [1.54, 1.807) is 0 Å². The van der Waals surface area contributed by atoms with Gasteiger partial charge in [-0.1, -0.05) is 24.3 Å². The molecular formula is C17H18FN3. The molecule has 0 unspecified atom stereocenters. The van der Waals surface area contributed by atoms with Crippen LogP contribution in [-0.4, -0.2) is 23.1 Å². The molecule has 1 heterocycles. The van der Waals surface area contributed by atoms with E-state index in [1.807, 2.05) is 36.4 Å². The van der Waals surface area contributed by atoms with Crippen molar-refractivity contribution in [2.75, 3.05) is 13.1 Å². The van der Waals surface area contributed by atoms with E-state index in [0.717, 1.165) is 48.4 Å². The summed E-state index contributed by atoms with van der Waals surface area (Å²) >= 11 is 0. The fourth-order valence-corrected chi connectivity index (χ4v) is 2.34. The van der Waals surface area contributed by atoms with E-state index in [2.05, 4.69) is 15.3 Å². The molecule has 0 aliphatic rings. The molecule has 1 aromatic heterocycles. The van der Waals surface area contributed by atoms with Crippen LogP contribution in [0.4, 0.5) is 4.39 Å². The summed E-state index contributed by atoms with van der Waals surface area (Å²) in [6, 6.07) is 14.7. The largest absolute Gasteiger partial charge is 0.342 e. The van der Waals surface area contributed by atoms with E-state index in [1.165, 1.54) is 12.1 Å². The van der Waals surface area contributed by atoms with E-state index < -0.39 is 0 Å². The van der Waals surface area contributed by atoms with Gasteiger partial charge in [0.15, 0.2) is 0 Å². The highest BCUT2D eigenvalue weighted by Crippen LogP contribution is 2.10. The quantitative estimate of drug-likeness (QED) is 0.683. The second-order valence-electron chi connectivity index (χ2n) is 5.08.